The minimum absolute atomic E-state index is 0.337. The second-order valence-corrected chi connectivity index (χ2v) is 6.57. The molecule has 7 heteroatoms. The van der Waals surface area contributed by atoms with Gasteiger partial charge in [-0.3, -0.25) is 4.90 Å². The Morgan fingerprint density at radius 3 is 3.13 bits per heavy atom. The minimum atomic E-state index is -0.507. The number of nitrogens with zero attached hydrogens (tertiary/aromatic N) is 3. The van der Waals surface area contributed by atoms with Crippen molar-refractivity contribution in [2.75, 3.05) is 26.8 Å². The van der Waals surface area contributed by atoms with Gasteiger partial charge in [0, 0.05) is 36.5 Å². The molecule has 0 spiro atoms. The molecule has 0 amide bonds. The highest BCUT2D eigenvalue weighted by Crippen LogP contribution is 2.24. The molecule has 0 fully saturated rings. The van der Waals surface area contributed by atoms with Gasteiger partial charge in [0.25, 0.3) is 0 Å². The van der Waals surface area contributed by atoms with E-state index in [4.69, 9.17) is 9.47 Å². The molecule has 23 heavy (non-hydrogen) atoms. The number of β-amino-alcohol motifs (C(OH)–C–C–N with tert-alkyl or cyclic N) is 1. The Balaban J connectivity index is 1.48. The smallest absolute Gasteiger partial charge is 0.220 e. The third-order valence-electron chi connectivity index (χ3n) is 3.84. The first-order chi connectivity index (χ1) is 11.3. The van der Waals surface area contributed by atoms with Crippen molar-refractivity contribution in [1.29, 1.82) is 0 Å². The standard InChI is InChI=1S/C16H21N3O3S/c1-21-16-14-8-19(5-4-15(14)17-11-18-16)7-12(20)9-22-10-13-3-2-6-23-13/h2-3,6,11-12,20H,4-5,7-10H2,1H3/t12-/m1/s1. The second-order valence-electron chi connectivity index (χ2n) is 5.54. The average molecular weight is 335 g/mol. The predicted molar refractivity (Wildman–Crippen MR) is 87.5 cm³/mol. The van der Waals surface area contributed by atoms with E-state index in [9.17, 15) is 5.11 Å². The van der Waals surface area contributed by atoms with Gasteiger partial charge in [-0.25, -0.2) is 9.97 Å². The van der Waals surface area contributed by atoms with Gasteiger partial charge in [-0.2, -0.15) is 0 Å². The molecule has 0 saturated heterocycles. The van der Waals surface area contributed by atoms with E-state index >= 15 is 0 Å². The molecule has 1 aliphatic rings. The second kappa shape index (κ2) is 7.83. The molecule has 0 aliphatic carbocycles. The van der Waals surface area contributed by atoms with Crippen LogP contribution in [0.2, 0.25) is 0 Å². The van der Waals surface area contributed by atoms with Crippen LogP contribution in [-0.2, 0) is 24.3 Å². The summed E-state index contributed by atoms with van der Waals surface area (Å²) in [5, 5.41) is 12.2. The van der Waals surface area contributed by atoms with Gasteiger partial charge >= 0.3 is 0 Å². The molecule has 0 bridgehead atoms. The highest BCUT2D eigenvalue weighted by molar-refractivity contribution is 7.09. The van der Waals surface area contributed by atoms with E-state index < -0.39 is 6.10 Å². The number of rotatable bonds is 7. The number of fused-ring (bicyclic) bond motifs is 1. The quantitative estimate of drug-likeness (QED) is 0.827. The first-order valence-corrected chi connectivity index (χ1v) is 8.51. The van der Waals surface area contributed by atoms with E-state index in [1.807, 2.05) is 17.5 Å². The van der Waals surface area contributed by atoms with Crippen molar-refractivity contribution in [3.63, 3.8) is 0 Å². The van der Waals surface area contributed by atoms with Gasteiger partial charge in [0.05, 0.1) is 32.1 Å². The van der Waals surface area contributed by atoms with Gasteiger partial charge in [0.1, 0.15) is 6.33 Å². The number of thiophene rings is 1. The molecule has 1 aliphatic heterocycles. The van der Waals surface area contributed by atoms with Crippen LogP contribution in [0.4, 0.5) is 0 Å². The van der Waals surface area contributed by atoms with E-state index in [0.717, 1.165) is 24.2 Å². The van der Waals surface area contributed by atoms with Gasteiger partial charge in [0.15, 0.2) is 0 Å². The minimum Gasteiger partial charge on any atom is -0.481 e. The van der Waals surface area contributed by atoms with E-state index in [1.54, 1.807) is 24.8 Å². The zero-order chi connectivity index (χ0) is 16.1. The van der Waals surface area contributed by atoms with Gasteiger partial charge in [-0.15, -0.1) is 11.3 Å². The number of hydrogen-bond donors (Lipinski definition) is 1. The van der Waals surface area contributed by atoms with Crippen molar-refractivity contribution in [2.24, 2.45) is 0 Å². The molecule has 1 N–H and O–H groups in total. The zero-order valence-corrected chi connectivity index (χ0v) is 14.0. The number of aliphatic hydroxyl groups excluding tert-OH is 1. The summed E-state index contributed by atoms with van der Waals surface area (Å²) in [6.07, 6.45) is 1.88. The Morgan fingerprint density at radius 1 is 1.43 bits per heavy atom. The third-order valence-corrected chi connectivity index (χ3v) is 4.69. The first-order valence-electron chi connectivity index (χ1n) is 7.63. The molecule has 6 nitrogen and oxygen atoms in total. The lowest BCUT2D eigenvalue weighted by Crippen LogP contribution is -2.38. The normalized spacial score (nSPS) is 16.1. The van der Waals surface area contributed by atoms with Crippen molar-refractivity contribution in [3.8, 4) is 5.88 Å². The lowest BCUT2D eigenvalue weighted by Gasteiger charge is -2.30. The largest absolute Gasteiger partial charge is 0.481 e. The fourth-order valence-corrected chi connectivity index (χ4v) is 3.38. The van der Waals surface area contributed by atoms with E-state index in [-0.39, 0.29) is 0 Å². The summed E-state index contributed by atoms with van der Waals surface area (Å²) in [5.74, 6) is 0.628. The van der Waals surface area contributed by atoms with Crippen LogP contribution in [-0.4, -0.2) is 52.9 Å². The number of aliphatic hydroxyl groups is 1. The molecular weight excluding hydrogens is 314 g/mol. The molecule has 124 valence electrons. The highest BCUT2D eigenvalue weighted by Gasteiger charge is 2.23. The Morgan fingerprint density at radius 2 is 2.35 bits per heavy atom. The summed E-state index contributed by atoms with van der Waals surface area (Å²) in [7, 11) is 1.62. The van der Waals surface area contributed by atoms with Crippen molar-refractivity contribution in [2.45, 2.75) is 25.7 Å². The van der Waals surface area contributed by atoms with Crippen molar-refractivity contribution in [3.05, 3.63) is 40.0 Å². The maximum absolute atomic E-state index is 10.2. The SMILES string of the molecule is COc1ncnc2c1CN(C[C@@H](O)COCc1cccs1)CC2. The third kappa shape index (κ3) is 4.26. The Bertz CT molecular complexity index is 607. The van der Waals surface area contributed by atoms with Crippen molar-refractivity contribution < 1.29 is 14.6 Å². The van der Waals surface area contributed by atoms with Gasteiger partial charge in [0.2, 0.25) is 5.88 Å². The molecule has 3 rings (SSSR count). The maximum atomic E-state index is 10.2. The summed E-state index contributed by atoms with van der Waals surface area (Å²) in [4.78, 5) is 11.8. The predicted octanol–water partition coefficient (Wildman–Crippen LogP) is 1.48. The molecule has 2 aromatic heterocycles. The first kappa shape index (κ1) is 16.3. The zero-order valence-electron chi connectivity index (χ0n) is 13.1. The molecule has 3 heterocycles. The summed E-state index contributed by atoms with van der Waals surface area (Å²) in [6.45, 7) is 3.03. The molecule has 1 atom stereocenters. The number of aromatic nitrogens is 2. The van der Waals surface area contributed by atoms with E-state index in [1.165, 1.54) is 4.88 Å². The van der Waals surface area contributed by atoms with Gasteiger partial charge in [-0.1, -0.05) is 6.07 Å². The Hall–Kier alpha value is -1.54. The van der Waals surface area contributed by atoms with Crippen LogP contribution in [0, 0.1) is 0 Å². The molecular formula is C16H21N3O3S. The maximum Gasteiger partial charge on any atom is 0.220 e. The van der Waals surface area contributed by atoms with Crippen molar-refractivity contribution in [1.82, 2.24) is 14.9 Å². The summed E-state index contributed by atoms with van der Waals surface area (Å²) >= 11 is 1.66. The fourth-order valence-electron chi connectivity index (χ4n) is 2.74. The Labute approximate surface area is 139 Å². The van der Waals surface area contributed by atoms with Gasteiger partial charge in [-0.05, 0) is 11.4 Å². The topological polar surface area (TPSA) is 67.7 Å². The van der Waals surface area contributed by atoms with Crippen LogP contribution in [0.25, 0.3) is 0 Å². The number of hydrogen-bond acceptors (Lipinski definition) is 7. The average Bonchev–Trinajstić information content (AvgIpc) is 3.07. The van der Waals surface area contributed by atoms with Crippen molar-refractivity contribution >= 4 is 11.3 Å². The van der Waals surface area contributed by atoms with Crippen LogP contribution in [0.1, 0.15) is 16.1 Å². The molecule has 0 aromatic carbocycles. The highest BCUT2D eigenvalue weighted by atomic mass is 32.1. The molecule has 0 unspecified atom stereocenters. The van der Waals surface area contributed by atoms with E-state index in [2.05, 4.69) is 14.9 Å². The lowest BCUT2D eigenvalue weighted by molar-refractivity contribution is 0.00822. The molecule has 2 aromatic rings. The molecule has 0 saturated carbocycles. The monoisotopic (exact) mass is 335 g/mol. The number of ether oxygens (including phenoxy) is 2. The fraction of sp³-hybridized carbons (Fsp3) is 0.500. The van der Waals surface area contributed by atoms with Crippen LogP contribution < -0.4 is 4.74 Å². The summed E-state index contributed by atoms with van der Waals surface area (Å²) in [6, 6.07) is 4.03. The van der Waals surface area contributed by atoms with E-state index in [0.29, 0.717) is 32.2 Å². The van der Waals surface area contributed by atoms with Crippen LogP contribution >= 0.6 is 11.3 Å². The number of methoxy groups -OCH3 is 1. The van der Waals surface area contributed by atoms with Gasteiger partial charge < -0.3 is 14.6 Å². The summed E-state index contributed by atoms with van der Waals surface area (Å²) < 4.78 is 10.9. The summed E-state index contributed by atoms with van der Waals surface area (Å²) in [5.41, 5.74) is 2.06. The van der Waals surface area contributed by atoms with Crippen LogP contribution in [0.5, 0.6) is 5.88 Å². The lowest BCUT2D eigenvalue weighted by atomic mass is 10.1. The molecule has 0 radical (unpaired) electrons. The Kier molecular flexibility index (Phi) is 5.56. The van der Waals surface area contributed by atoms with Crippen LogP contribution in [0.15, 0.2) is 23.8 Å². The van der Waals surface area contributed by atoms with Crippen LogP contribution in [0.3, 0.4) is 0 Å².